The molecule has 0 bridgehead atoms. The quantitative estimate of drug-likeness (QED) is 0.538. The van der Waals surface area contributed by atoms with Gasteiger partial charge in [0, 0.05) is 12.3 Å². The number of thiazole rings is 1. The van der Waals surface area contributed by atoms with E-state index >= 15 is 0 Å². The van der Waals surface area contributed by atoms with E-state index in [4.69, 9.17) is 4.74 Å². The summed E-state index contributed by atoms with van der Waals surface area (Å²) in [6, 6.07) is 9.28. The Hall–Kier alpha value is -2.47. The second-order valence-electron chi connectivity index (χ2n) is 4.35. The van der Waals surface area contributed by atoms with Gasteiger partial charge < -0.3 is 4.74 Å². The van der Waals surface area contributed by atoms with Crippen molar-refractivity contribution < 1.29 is 4.74 Å². The lowest BCUT2D eigenvalue weighted by atomic mass is 10.3. The number of fused-ring (bicyclic) bond motifs is 5. The van der Waals surface area contributed by atoms with Gasteiger partial charge in [0.25, 0.3) is 5.56 Å². The summed E-state index contributed by atoms with van der Waals surface area (Å²) in [5.74, 6) is 0.764. The minimum Gasteiger partial charge on any atom is -0.497 e. The number of hydrogen-bond acceptors (Lipinski definition) is 5. The van der Waals surface area contributed by atoms with Crippen molar-refractivity contribution in [2.75, 3.05) is 7.11 Å². The molecule has 98 valence electrons. The first-order valence-electron chi connectivity index (χ1n) is 6.02. The van der Waals surface area contributed by atoms with Crippen molar-refractivity contribution in [1.82, 2.24) is 14.4 Å². The fraction of sp³-hybridized carbons (Fsp3) is 0.0714. The molecule has 0 spiro atoms. The highest BCUT2D eigenvalue weighted by atomic mass is 32.1. The molecule has 0 saturated heterocycles. The van der Waals surface area contributed by atoms with Gasteiger partial charge >= 0.3 is 0 Å². The second-order valence-corrected chi connectivity index (χ2v) is 5.35. The number of pyridine rings is 1. The number of benzene rings is 1. The first-order chi connectivity index (χ1) is 9.78. The highest BCUT2D eigenvalue weighted by Gasteiger charge is 2.12. The van der Waals surface area contributed by atoms with Crippen LogP contribution in [0, 0.1) is 0 Å². The van der Waals surface area contributed by atoms with Crippen molar-refractivity contribution in [3.63, 3.8) is 0 Å². The van der Waals surface area contributed by atoms with Crippen LogP contribution in [0.15, 0.2) is 41.3 Å². The van der Waals surface area contributed by atoms with E-state index in [1.807, 2.05) is 22.6 Å². The van der Waals surface area contributed by atoms with E-state index in [0.717, 1.165) is 16.0 Å². The minimum absolute atomic E-state index is 0.244. The van der Waals surface area contributed by atoms with E-state index in [-0.39, 0.29) is 5.56 Å². The van der Waals surface area contributed by atoms with Crippen LogP contribution in [0.2, 0.25) is 0 Å². The van der Waals surface area contributed by atoms with Gasteiger partial charge in [0.2, 0.25) is 0 Å². The predicted octanol–water partition coefficient (Wildman–Crippen LogP) is 2.47. The number of ether oxygens (including phenoxy) is 1. The van der Waals surface area contributed by atoms with Gasteiger partial charge in [-0.1, -0.05) is 11.3 Å². The van der Waals surface area contributed by atoms with Crippen LogP contribution in [0.1, 0.15) is 0 Å². The van der Waals surface area contributed by atoms with Crippen LogP contribution in [-0.2, 0) is 0 Å². The van der Waals surface area contributed by atoms with Crippen molar-refractivity contribution in [3.8, 4) is 5.75 Å². The summed E-state index contributed by atoms with van der Waals surface area (Å²) >= 11 is 1.47. The maximum Gasteiger partial charge on any atom is 0.283 e. The average Bonchev–Trinajstić information content (AvgIpc) is 2.84. The van der Waals surface area contributed by atoms with Crippen LogP contribution in [0.3, 0.4) is 0 Å². The Bertz CT molecular complexity index is 1020. The number of methoxy groups -OCH3 is 1. The third-order valence-corrected chi connectivity index (χ3v) is 4.25. The molecule has 0 unspecified atom stereocenters. The Labute approximate surface area is 117 Å². The molecule has 3 heterocycles. The number of rotatable bonds is 1. The Morgan fingerprint density at radius 1 is 1.30 bits per heavy atom. The van der Waals surface area contributed by atoms with Gasteiger partial charge in [0.15, 0.2) is 10.6 Å². The molecule has 0 radical (unpaired) electrons. The predicted molar refractivity (Wildman–Crippen MR) is 78.7 cm³/mol. The summed E-state index contributed by atoms with van der Waals surface area (Å²) in [6.45, 7) is 0. The van der Waals surface area contributed by atoms with Gasteiger partial charge in [-0.15, -0.1) is 0 Å². The zero-order valence-electron chi connectivity index (χ0n) is 10.5. The van der Waals surface area contributed by atoms with Crippen molar-refractivity contribution in [2.45, 2.75) is 0 Å². The lowest BCUT2D eigenvalue weighted by molar-refractivity contribution is 0.415. The third-order valence-electron chi connectivity index (χ3n) is 3.23. The van der Waals surface area contributed by atoms with Gasteiger partial charge in [-0.05, 0) is 24.3 Å². The van der Waals surface area contributed by atoms with Gasteiger partial charge in [0.05, 0.1) is 22.7 Å². The number of hydrogen-bond donors (Lipinski definition) is 0. The summed E-state index contributed by atoms with van der Waals surface area (Å²) in [4.78, 5) is 21.1. The molecule has 0 saturated carbocycles. The molecule has 6 heteroatoms. The molecule has 4 rings (SSSR count). The molecule has 0 aliphatic carbocycles. The lowest BCUT2D eigenvalue weighted by Crippen LogP contribution is -2.09. The maximum absolute atomic E-state index is 12.0. The van der Waals surface area contributed by atoms with E-state index in [1.54, 1.807) is 25.4 Å². The van der Waals surface area contributed by atoms with E-state index in [9.17, 15) is 4.79 Å². The highest BCUT2D eigenvalue weighted by molar-refractivity contribution is 7.23. The van der Waals surface area contributed by atoms with E-state index in [0.29, 0.717) is 16.0 Å². The zero-order chi connectivity index (χ0) is 13.7. The molecule has 0 fully saturated rings. The Kier molecular flexibility index (Phi) is 2.28. The summed E-state index contributed by atoms with van der Waals surface area (Å²) in [7, 11) is 1.63. The second kappa shape index (κ2) is 4.01. The molecular formula is C14H9N3O2S. The molecule has 0 aliphatic rings. The summed E-state index contributed by atoms with van der Waals surface area (Å²) < 4.78 is 8.20. The average molecular weight is 283 g/mol. The standard InChI is InChI=1S/C14H9N3O2S/c1-19-8-4-5-11-10(7-8)17-12-9(3-2-6-15-12)13(18)16-14(17)20-11/h2-7H,1H3. The van der Waals surface area contributed by atoms with Crippen molar-refractivity contribution in [3.05, 3.63) is 46.9 Å². The Balaban J connectivity index is 2.32. The van der Waals surface area contributed by atoms with Gasteiger partial charge in [-0.3, -0.25) is 9.20 Å². The molecule has 0 amide bonds. The van der Waals surface area contributed by atoms with E-state index in [1.165, 1.54) is 11.3 Å². The van der Waals surface area contributed by atoms with E-state index in [2.05, 4.69) is 9.97 Å². The fourth-order valence-electron chi connectivity index (χ4n) is 2.30. The molecule has 4 aromatic rings. The van der Waals surface area contributed by atoms with Crippen LogP contribution in [0.25, 0.3) is 26.2 Å². The maximum atomic E-state index is 12.0. The monoisotopic (exact) mass is 283 g/mol. The molecule has 1 aromatic carbocycles. The largest absolute Gasteiger partial charge is 0.497 e. The number of aromatic nitrogens is 3. The zero-order valence-corrected chi connectivity index (χ0v) is 11.3. The summed E-state index contributed by atoms with van der Waals surface area (Å²) in [5.41, 5.74) is 1.33. The molecular weight excluding hydrogens is 274 g/mol. The Morgan fingerprint density at radius 3 is 3.05 bits per heavy atom. The highest BCUT2D eigenvalue weighted by Crippen LogP contribution is 2.29. The molecule has 20 heavy (non-hydrogen) atoms. The van der Waals surface area contributed by atoms with E-state index < -0.39 is 0 Å². The lowest BCUT2D eigenvalue weighted by Gasteiger charge is -2.02. The van der Waals surface area contributed by atoms with Crippen LogP contribution in [0.4, 0.5) is 0 Å². The van der Waals surface area contributed by atoms with Gasteiger partial charge in [-0.2, -0.15) is 4.98 Å². The number of nitrogens with zero attached hydrogens (tertiary/aromatic N) is 3. The van der Waals surface area contributed by atoms with Crippen LogP contribution in [-0.4, -0.2) is 21.5 Å². The van der Waals surface area contributed by atoms with Crippen molar-refractivity contribution in [2.24, 2.45) is 0 Å². The molecule has 5 nitrogen and oxygen atoms in total. The summed E-state index contributed by atoms with van der Waals surface area (Å²) in [6.07, 6.45) is 1.68. The van der Waals surface area contributed by atoms with Crippen LogP contribution in [0.5, 0.6) is 5.75 Å². The topological polar surface area (TPSA) is 56.5 Å². The SMILES string of the molecule is COc1ccc2sc3nc(=O)c4cccnc4n3c2c1. The first kappa shape index (κ1) is 11.4. The normalized spacial score (nSPS) is 11.4. The van der Waals surface area contributed by atoms with Crippen molar-refractivity contribution in [1.29, 1.82) is 0 Å². The summed E-state index contributed by atoms with van der Waals surface area (Å²) in [5, 5.41) is 0.521. The van der Waals surface area contributed by atoms with Gasteiger partial charge in [0.1, 0.15) is 5.75 Å². The minimum atomic E-state index is -0.244. The fourth-order valence-corrected chi connectivity index (χ4v) is 3.29. The molecule has 0 N–H and O–H groups in total. The molecule has 0 atom stereocenters. The molecule has 3 aromatic heterocycles. The van der Waals surface area contributed by atoms with Gasteiger partial charge in [-0.25, -0.2) is 4.98 Å². The van der Waals surface area contributed by atoms with Crippen molar-refractivity contribution >= 4 is 37.5 Å². The van der Waals surface area contributed by atoms with Crippen LogP contribution < -0.4 is 10.3 Å². The Morgan fingerprint density at radius 2 is 2.20 bits per heavy atom. The smallest absolute Gasteiger partial charge is 0.283 e. The first-order valence-corrected chi connectivity index (χ1v) is 6.83. The molecule has 0 aliphatic heterocycles. The van der Waals surface area contributed by atoms with Crippen LogP contribution >= 0.6 is 11.3 Å². The third kappa shape index (κ3) is 1.45.